The van der Waals surface area contributed by atoms with E-state index in [0.717, 1.165) is 0 Å². The van der Waals surface area contributed by atoms with Crippen LogP contribution in [-0.4, -0.2) is 61.3 Å². The van der Waals surface area contributed by atoms with E-state index in [2.05, 4.69) is 4.90 Å². The molecule has 2 rings (SSSR count). The number of nitrogens with zero attached hydrogens (tertiary/aromatic N) is 2. The molecule has 1 atom stereocenters. The quantitative estimate of drug-likeness (QED) is 0.831. The fraction of sp³-hybridized carbons (Fsp3) is 1.00. The van der Waals surface area contributed by atoms with E-state index in [9.17, 15) is 13.2 Å². The fourth-order valence-corrected chi connectivity index (χ4v) is 2.97. The van der Waals surface area contributed by atoms with E-state index in [1.807, 2.05) is 0 Å². The molecule has 0 aromatic carbocycles. The van der Waals surface area contributed by atoms with Crippen molar-refractivity contribution < 1.29 is 13.2 Å². The van der Waals surface area contributed by atoms with Crippen LogP contribution in [0.3, 0.4) is 0 Å². The normalized spacial score (nSPS) is 26.0. The van der Waals surface area contributed by atoms with Gasteiger partial charge in [-0.3, -0.25) is 9.80 Å². The SMILES string of the molecule is NCC(C1CCC1)N1CCN(CC(F)(F)F)CC1. The first kappa shape index (κ1) is 14.1. The third-order valence-corrected chi connectivity index (χ3v) is 4.21. The predicted octanol–water partition coefficient (Wildman–Crippen LogP) is 1.29. The van der Waals surface area contributed by atoms with E-state index in [0.29, 0.717) is 44.7 Å². The topological polar surface area (TPSA) is 32.5 Å². The van der Waals surface area contributed by atoms with Crippen molar-refractivity contribution in [3.63, 3.8) is 0 Å². The summed E-state index contributed by atoms with van der Waals surface area (Å²) >= 11 is 0. The molecule has 18 heavy (non-hydrogen) atoms. The second-order valence-corrected chi connectivity index (χ2v) is 5.42. The zero-order chi connectivity index (χ0) is 13.2. The van der Waals surface area contributed by atoms with Crippen molar-refractivity contribution in [2.75, 3.05) is 39.3 Å². The Balaban J connectivity index is 1.78. The zero-order valence-electron chi connectivity index (χ0n) is 10.6. The van der Waals surface area contributed by atoms with Crippen molar-refractivity contribution >= 4 is 0 Å². The third kappa shape index (κ3) is 3.59. The summed E-state index contributed by atoms with van der Waals surface area (Å²) in [6.45, 7) is 2.29. The lowest BCUT2D eigenvalue weighted by Gasteiger charge is -2.44. The van der Waals surface area contributed by atoms with Crippen LogP contribution in [0, 0.1) is 5.92 Å². The minimum atomic E-state index is -4.08. The van der Waals surface area contributed by atoms with Crippen molar-refractivity contribution in [1.82, 2.24) is 9.80 Å². The van der Waals surface area contributed by atoms with Gasteiger partial charge in [-0.15, -0.1) is 0 Å². The maximum atomic E-state index is 12.3. The second kappa shape index (κ2) is 5.75. The minimum absolute atomic E-state index is 0.381. The average Bonchev–Trinajstić information content (AvgIpc) is 2.22. The first-order valence-corrected chi connectivity index (χ1v) is 6.73. The Hall–Kier alpha value is -0.330. The van der Waals surface area contributed by atoms with Crippen LogP contribution < -0.4 is 5.73 Å². The van der Waals surface area contributed by atoms with Crippen LogP contribution in [0.1, 0.15) is 19.3 Å². The Morgan fingerprint density at radius 2 is 1.72 bits per heavy atom. The molecule has 106 valence electrons. The van der Waals surface area contributed by atoms with Gasteiger partial charge in [-0.1, -0.05) is 6.42 Å². The highest BCUT2D eigenvalue weighted by molar-refractivity contribution is 4.88. The molecule has 2 aliphatic rings. The summed E-state index contributed by atoms with van der Waals surface area (Å²) in [5.74, 6) is 0.671. The summed E-state index contributed by atoms with van der Waals surface area (Å²) in [5.41, 5.74) is 5.82. The number of hydrogen-bond acceptors (Lipinski definition) is 3. The van der Waals surface area contributed by atoms with Gasteiger partial charge in [-0.25, -0.2) is 0 Å². The first-order valence-electron chi connectivity index (χ1n) is 6.73. The van der Waals surface area contributed by atoms with Gasteiger partial charge in [0.25, 0.3) is 0 Å². The Kier molecular flexibility index (Phi) is 4.50. The summed E-state index contributed by atoms with van der Waals surface area (Å²) < 4.78 is 36.8. The molecule has 1 unspecified atom stereocenters. The van der Waals surface area contributed by atoms with Gasteiger partial charge in [-0.2, -0.15) is 13.2 Å². The van der Waals surface area contributed by atoms with E-state index in [1.165, 1.54) is 24.2 Å². The number of nitrogens with two attached hydrogens (primary N) is 1. The van der Waals surface area contributed by atoms with Crippen molar-refractivity contribution in [3.8, 4) is 0 Å². The van der Waals surface area contributed by atoms with Crippen molar-refractivity contribution in [2.24, 2.45) is 11.7 Å². The van der Waals surface area contributed by atoms with Crippen LogP contribution in [0.4, 0.5) is 13.2 Å². The third-order valence-electron chi connectivity index (χ3n) is 4.21. The Labute approximate surface area is 106 Å². The molecule has 2 fully saturated rings. The standard InChI is InChI=1S/C12H22F3N3/c13-12(14,15)9-17-4-6-18(7-5-17)11(8-16)10-2-1-3-10/h10-11H,1-9,16H2. The van der Waals surface area contributed by atoms with Crippen LogP contribution in [0.2, 0.25) is 0 Å². The smallest absolute Gasteiger partial charge is 0.329 e. The molecule has 0 spiro atoms. The van der Waals surface area contributed by atoms with Gasteiger partial charge in [0, 0.05) is 38.8 Å². The Bertz CT molecular complexity index is 258. The monoisotopic (exact) mass is 265 g/mol. The lowest BCUT2D eigenvalue weighted by molar-refractivity contribution is -0.150. The van der Waals surface area contributed by atoms with Gasteiger partial charge >= 0.3 is 6.18 Å². The molecule has 0 bridgehead atoms. The van der Waals surface area contributed by atoms with Crippen molar-refractivity contribution in [2.45, 2.75) is 31.5 Å². The van der Waals surface area contributed by atoms with E-state index in [1.54, 1.807) is 0 Å². The zero-order valence-corrected chi connectivity index (χ0v) is 10.6. The van der Waals surface area contributed by atoms with Crippen molar-refractivity contribution in [1.29, 1.82) is 0 Å². The number of halogens is 3. The van der Waals surface area contributed by atoms with Gasteiger partial charge in [0.15, 0.2) is 0 Å². The highest BCUT2D eigenvalue weighted by Crippen LogP contribution is 2.32. The first-order chi connectivity index (χ1) is 8.49. The maximum absolute atomic E-state index is 12.3. The molecule has 1 heterocycles. The van der Waals surface area contributed by atoms with E-state index in [4.69, 9.17) is 5.73 Å². The molecule has 1 saturated carbocycles. The summed E-state index contributed by atoms with van der Waals surface area (Å²) in [7, 11) is 0. The molecule has 0 amide bonds. The molecule has 6 heteroatoms. The maximum Gasteiger partial charge on any atom is 0.401 e. The van der Waals surface area contributed by atoms with Gasteiger partial charge in [0.1, 0.15) is 0 Å². The summed E-state index contributed by atoms with van der Waals surface area (Å²) in [6, 6.07) is 0.381. The van der Waals surface area contributed by atoms with E-state index >= 15 is 0 Å². The number of hydrogen-bond donors (Lipinski definition) is 1. The molecule has 0 aromatic rings. The van der Waals surface area contributed by atoms with E-state index < -0.39 is 12.7 Å². The van der Waals surface area contributed by atoms with Crippen LogP contribution >= 0.6 is 0 Å². The Morgan fingerprint density at radius 1 is 1.11 bits per heavy atom. The molecular formula is C12H22F3N3. The molecular weight excluding hydrogens is 243 g/mol. The lowest BCUT2D eigenvalue weighted by Crippen LogP contribution is -2.56. The van der Waals surface area contributed by atoms with E-state index in [-0.39, 0.29) is 0 Å². The van der Waals surface area contributed by atoms with Crippen LogP contribution in [0.15, 0.2) is 0 Å². The van der Waals surface area contributed by atoms with Crippen LogP contribution in [0.5, 0.6) is 0 Å². The molecule has 2 N–H and O–H groups in total. The fourth-order valence-electron chi connectivity index (χ4n) is 2.97. The van der Waals surface area contributed by atoms with Crippen LogP contribution in [0.25, 0.3) is 0 Å². The highest BCUT2D eigenvalue weighted by atomic mass is 19.4. The largest absolute Gasteiger partial charge is 0.401 e. The van der Waals surface area contributed by atoms with Gasteiger partial charge in [0.2, 0.25) is 0 Å². The molecule has 3 nitrogen and oxygen atoms in total. The van der Waals surface area contributed by atoms with Crippen molar-refractivity contribution in [3.05, 3.63) is 0 Å². The van der Waals surface area contributed by atoms with Crippen LogP contribution in [-0.2, 0) is 0 Å². The number of rotatable bonds is 4. The predicted molar refractivity (Wildman–Crippen MR) is 64.3 cm³/mol. The average molecular weight is 265 g/mol. The summed E-state index contributed by atoms with van der Waals surface area (Å²) in [4.78, 5) is 3.78. The lowest BCUT2D eigenvalue weighted by atomic mass is 9.79. The number of piperazine rings is 1. The van der Waals surface area contributed by atoms with Gasteiger partial charge in [-0.05, 0) is 18.8 Å². The second-order valence-electron chi connectivity index (χ2n) is 5.42. The molecule has 1 aliphatic heterocycles. The molecule has 0 aromatic heterocycles. The highest BCUT2D eigenvalue weighted by Gasteiger charge is 2.35. The summed E-state index contributed by atoms with van der Waals surface area (Å²) in [5, 5.41) is 0. The van der Waals surface area contributed by atoms with Gasteiger partial charge in [0.05, 0.1) is 6.54 Å². The van der Waals surface area contributed by atoms with Gasteiger partial charge < -0.3 is 5.73 Å². The molecule has 0 radical (unpaired) electrons. The summed E-state index contributed by atoms with van der Waals surface area (Å²) in [6.07, 6.45) is -0.353. The number of alkyl halides is 3. The molecule has 1 saturated heterocycles. The Morgan fingerprint density at radius 3 is 2.11 bits per heavy atom. The minimum Gasteiger partial charge on any atom is -0.329 e. The molecule has 1 aliphatic carbocycles.